The third-order valence-electron chi connectivity index (χ3n) is 2.77. The Bertz CT molecular complexity index is 193. The maximum absolute atomic E-state index is 11.5. The standard InChI is InChI=1S/C14H28O2S/c1-4-5-10-13(17)14(15)16-11-8-6-7-9-12(2)3/h12-13,17H,4-11H2,1-3H3. The van der Waals surface area contributed by atoms with E-state index in [1.165, 1.54) is 12.8 Å². The van der Waals surface area contributed by atoms with E-state index in [0.29, 0.717) is 6.61 Å². The molecule has 102 valence electrons. The Labute approximate surface area is 112 Å². The molecule has 2 nitrogen and oxygen atoms in total. The fourth-order valence-electron chi connectivity index (χ4n) is 1.62. The fourth-order valence-corrected chi connectivity index (χ4v) is 1.87. The molecule has 1 atom stereocenters. The molecule has 17 heavy (non-hydrogen) atoms. The molecule has 0 rings (SSSR count). The SMILES string of the molecule is CCCCC(S)C(=O)OCCCCCC(C)C. The van der Waals surface area contributed by atoms with Gasteiger partial charge in [0.25, 0.3) is 0 Å². The summed E-state index contributed by atoms with van der Waals surface area (Å²) in [4.78, 5) is 11.5. The second kappa shape index (κ2) is 10.9. The molecule has 0 radical (unpaired) electrons. The van der Waals surface area contributed by atoms with E-state index in [0.717, 1.165) is 38.0 Å². The van der Waals surface area contributed by atoms with Gasteiger partial charge in [-0.3, -0.25) is 4.79 Å². The van der Waals surface area contributed by atoms with Crippen LogP contribution in [0.3, 0.4) is 0 Å². The zero-order chi connectivity index (χ0) is 13.1. The van der Waals surface area contributed by atoms with Gasteiger partial charge in [-0.05, 0) is 18.8 Å². The van der Waals surface area contributed by atoms with Gasteiger partial charge >= 0.3 is 5.97 Å². The quantitative estimate of drug-likeness (QED) is 0.361. The number of carbonyl (C=O) groups excluding carboxylic acids is 1. The van der Waals surface area contributed by atoms with Crippen molar-refractivity contribution in [3.63, 3.8) is 0 Å². The minimum Gasteiger partial charge on any atom is -0.465 e. The highest BCUT2D eigenvalue weighted by Crippen LogP contribution is 2.11. The lowest BCUT2D eigenvalue weighted by Gasteiger charge is -2.10. The van der Waals surface area contributed by atoms with Gasteiger partial charge in [0.05, 0.1) is 11.9 Å². The lowest BCUT2D eigenvalue weighted by atomic mass is 10.1. The van der Waals surface area contributed by atoms with Crippen LogP contribution in [0, 0.1) is 5.92 Å². The predicted molar refractivity (Wildman–Crippen MR) is 76.6 cm³/mol. The molecule has 0 spiro atoms. The van der Waals surface area contributed by atoms with Gasteiger partial charge in [0.2, 0.25) is 0 Å². The smallest absolute Gasteiger partial charge is 0.318 e. The second-order valence-corrected chi connectivity index (χ2v) is 5.69. The summed E-state index contributed by atoms with van der Waals surface area (Å²) >= 11 is 4.25. The number of unbranched alkanes of at least 4 members (excludes halogenated alkanes) is 3. The molecule has 1 unspecified atom stereocenters. The normalized spacial score (nSPS) is 12.8. The third-order valence-corrected chi connectivity index (χ3v) is 3.24. The van der Waals surface area contributed by atoms with Crippen LogP contribution in [0.5, 0.6) is 0 Å². The first-order valence-electron chi connectivity index (χ1n) is 6.92. The minimum absolute atomic E-state index is 0.148. The number of rotatable bonds is 10. The molecule has 0 N–H and O–H groups in total. The molecule has 0 fully saturated rings. The molecule has 0 aliphatic rings. The zero-order valence-electron chi connectivity index (χ0n) is 11.6. The van der Waals surface area contributed by atoms with Crippen molar-refractivity contribution < 1.29 is 9.53 Å². The van der Waals surface area contributed by atoms with Crippen molar-refractivity contribution in [2.45, 2.75) is 71.0 Å². The van der Waals surface area contributed by atoms with Crippen LogP contribution in [0.1, 0.15) is 65.7 Å². The van der Waals surface area contributed by atoms with Gasteiger partial charge in [-0.1, -0.05) is 52.9 Å². The molecule has 0 aromatic carbocycles. The number of ether oxygens (including phenoxy) is 1. The third kappa shape index (κ3) is 10.7. The van der Waals surface area contributed by atoms with Gasteiger partial charge in [0.15, 0.2) is 0 Å². The average Bonchev–Trinajstić information content (AvgIpc) is 2.29. The van der Waals surface area contributed by atoms with E-state index in [2.05, 4.69) is 33.4 Å². The zero-order valence-corrected chi connectivity index (χ0v) is 12.5. The summed E-state index contributed by atoms with van der Waals surface area (Å²) in [5.74, 6) is 0.624. The molecule has 0 heterocycles. The summed E-state index contributed by atoms with van der Waals surface area (Å²) in [5, 5.41) is -0.231. The summed E-state index contributed by atoms with van der Waals surface area (Å²) in [6.45, 7) is 7.14. The molecular weight excluding hydrogens is 232 g/mol. The maximum atomic E-state index is 11.5. The highest BCUT2D eigenvalue weighted by molar-refractivity contribution is 7.81. The Hall–Kier alpha value is -0.180. The number of esters is 1. The molecule has 0 saturated carbocycles. The Balaban J connectivity index is 3.38. The summed E-state index contributed by atoms with van der Waals surface area (Å²) in [7, 11) is 0. The Morgan fingerprint density at radius 3 is 2.41 bits per heavy atom. The van der Waals surface area contributed by atoms with Crippen LogP contribution in [0.4, 0.5) is 0 Å². The van der Waals surface area contributed by atoms with Gasteiger partial charge in [-0.2, -0.15) is 12.6 Å². The summed E-state index contributed by atoms with van der Waals surface area (Å²) in [6, 6.07) is 0. The van der Waals surface area contributed by atoms with Crippen LogP contribution in [0.2, 0.25) is 0 Å². The van der Waals surface area contributed by atoms with Crippen molar-refractivity contribution in [1.82, 2.24) is 0 Å². The largest absolute Gasteiger partial charge is 0.465 e. The van der Waals surface area contributed by atoms with Crippen LogP contribution >= 0.6 is 12.6 Å². The maximum Gasteiger partial charge on any atom is 0.318 e. The van der Waals surface area contributed by atoms with E-state index in [4.69, 9.17) is 4.74 Å². The molecule has 0 aliphatic carbocycles. The van der Waals surface area contributed by atoms with Gasteiger partial charge in [-0.15, -0.1) is 0 Å². The number of hydrogen-bond donors (Lipinski definition) is 1. The predicted octanol–water partition coefficient (Wildman–Crippen LogP) is 4.23. The molecule has 0 aromatic rings. The minimum atomic E-state index is -0.231. The monoisotopic (exact) mass is 260 g/mol. The van der Waals surface area contributed by atoms with Gasteiger partial charge in [-0.25, -0.2) is 0 Å². The molecular formula is C14H28O2S. The van der Waals surface area contributed by atoms with Crippen molar-refractivity contribution in [3.8, 4) is 0 Å². The summed E-state index contributed by atoms with van der Waals surface area (Å²) in [6.07, 6.45) is 7.59. The van der Waals surface area contributed by atoms with E-state index in [1.54, 1.807) is 0 Å². The second-order valence-electron chi connectivity index (χ2n) is 5.07. The van der Waals surface area contributed by atoms with Crippen molar-refractivity contribution in [3.05, 3.63) is 0 Å². The Morgan fingerprint density at radius 1 is 1.12 bits per heavy atom. The number of thiol groups is 1. The average molecular weight is 260 g/mol. The first-order chi connectivity index (χ1) is 8.07. The molecule has 0 aromatic heterocycles. The summed E-state index contributed by atoms with van der Waals surface area (Å²) in [5.41, 5.74) is 0. The molecule has 0 amide bonds. The molecule has 0 aliphatic heterocycles. The van der Waals surface area contributed by atoms with Crippen molar-refractivity contribution in [2.75, 3.05) is 6.61 Å². The van der Waals surface area contributed by atoms with Crippen LogP contribution in [-0.2, 0) is 9.53 Å². The fraction of sp³-hybridized carbons (Fsp3) is 0.929. The van der Waals surface area contributed by atoms with E-state index in [9.17, 15) is 4.79 Å². The van der Waals surface area contributed by atoms with Crippen molar-refractivity contribution in [1.29, 1.82) is 0 Å². The lowest BCUT2D eigenvalue weighted by Crippen LogP contribution is -2.18. The van der Waals surface area contributed by atoms with Crippen LogP contribution in [0.15, 0.2) is 0 Å². The van der Waals surface area contributed by atoms with E-state index in [-0.39, 0.29) is 11.2 Å². The van der Waals surface area contributed by atoms with Gasteiger partial charge < -0.3 is 4.74 Å². The molecule has 0 saturated heterocycles. The number of hydrogen-bond acceptors (Lipinski definition) is 3. The van der Waals surface area contributed by atoms with E-state index < -0.39 is 0 Å². The summed E-state index contributed by atoms with van der Waals surface area (Å²) < 4.78 is 5.19. The van der Waals surface area contributed by atoms with Crippen molar-refractivity contribution in [2.24, 2.45) is 5.92 Å². The Kier molecular flexibility index (Phi) is 10.8. The topological polar surface area (TPSA) is 26.3 Å². The lowest BCUT2D eigenvalue weighted by molar-refractivity contribution is -0.143. The highest BCUT2D eigenvalue weighted by atomic mass is 32.1. The van der Waals surface area contributed by atoms with E-state index in [1.807, 2.05) is 0 Å². The van der Waals surface area contributed by atoms with Crippen molar-refractivity contribution >= 4 is 18.6 Å². The van der Waals surface area contributed by atoms with Gasteiger partial charge in [0.1, 0.15) is 0 Å². The first-order valence-corrected chi connectivity index (χ1v) is 7.44. The van der Waals surface area contributed by atoms with Crippen LogP contribution < -0.4 is 0 Å². The van der Waals surface area contributed by atoms with Crippen LogP contribution in [0.25, 0.3) is 0 Å². The number of carbonyl (C=O) groups is 1. The molecule has 0 bridgehead atoms. The first kappa shape index (κ1) is 16.8. The van der Waals surface area contributed by atoms with E-state index >= 15 is 0 Å². The molecule has 3 heteroatoms. The van der Waals surface area contributed by atoms with Crippen LogP contribution in [-0.4, -0.2) is 17.8 Å². The Morgan fingerprint density at radius 2 is 1.82 bits per heavy atom. The highest BCUT2D eigenvalue weighted by Gasteiger charge is 2.14. The van der Waals surface area contributed by atoms with Gasteiger partial charge in [0, 0.05) is 0 Å².